The number of para-hydroxylation sites is 3. The third-order valence-corrected chi connectivity index (χ3v) is 3.73. The quantitative estimate of drug-likeness (QED) is 0.615. The molecule has 0 aliphatic heterocycles. The summed E-state index contributed by atoms with van der Waals surface area (Å²) in [5, 5.41) is 2.43. The van der Waals surface area contributed by atoms with Gasteiger partial charge in [-0.05, 0) is 42.0 Å². The van der Waals surface area contributed by atoms with E-state index in [1.54, 1.807) is 24.3 Å². The molecule has 0 radical (unpaired) electrons. The predicted octanol–water partition coefficient (Wildman–Crippen LogP) is 5.42. The lowest BCUT2D eigenvalue weighted by molar-refractivity contribution is -0.274. The SMILES string of the molecule is O=C(Nc1ccccc1OC(F)(F)F)c1ccc(COc2ccccc2)cc1. The van der Waals surface area contributed by atoms with Gasteiger partial charge in [-0.15, -0.1) is 13.2 Å². The molecule has 0 aromatic heterocycles. The highest BCUT2D eigenvalue weighted by molar-refractivity contribution is 6.05. The lowest BCUT2D eigenvalue weighted by Gasteiger charge is -2.14. The van der Waals surface area contributed by atoms with Crippen LogP contribution in [0, 0.1) is 0 Å². The maximum Gasteiger partial charge on any atom is 0.573 e. The van der Waals surface area contributed by atoms with Crippen molar-refractivity contribution in [2.45, 2.75) is 13.0 Å². The Morgan fingerprint density at radius 3 is 2.18 bits per heavy atom. The molecule has 0 spiro atoms. The van der Waals surface area contributed by atoms with Crippen LogP contribution in [0.5, 0.6) is 11.5 Å². The molecule has 3 aromatic rings. The van der Waals surface area contributed by atoms with E-state index in [4.69, 9.17) is 4.74 Å². The monoisotopic (exact) mass is 387 g/mol. The standard InChI is InChI=1S/C21H16F3NO3/c22-21(23,24)28-19-9-5-4-8-18(19)25-20(26)16-12-10-15(11-13-16)14-27-17-6-2-1-3-7-17/h1-13H,14H2,(H,25,26). The molecule has 0 aliphatic carbocycles. The molecular formula is C21H16F3NO3. The molecule has 0 unspecified atom stereocenters. The number of halogens is 3. The van der Waals surface area contributed by atoms with E-state index in [0.717, 1.165) is 17.4 Å². The van der Waals surface area contributed by atoms with E-state index in [2.05, 4.69) is 10.1 Å². The van der Waals surface area contributed by atoms with Crippen molar-refractivity contribution in [3.05, 3.63) is 90.0 Å². The first kappa shape index (κ1) is 19.3. The Morgan fingerprint density at radius 1 is 0.857 bits per heavy atom. The smallest absolute Gasteiger partial charge is 0.489 e. The van der Waals surface area contributed by atoms with Gasteiger partial charge >= 0.3 is 6.36 Å². The van der Waals surface area contributed by atoms with Crippen molar-refractivity contribution in [1.29, 1.82) is 0 Å². The maximum atomic E-state index is 12.5. The number of anilines is 1. The zero-order valence-electron chi connectivity index (χ0n) is 14.6. The van der Waals surface area contributed by atoms with Crippen LogP contribution < -0.4 is 14.8 Å². The maximum absolute atomic E-state index is 12.5. The van der Waals surface area contributed by atoms with Crippen LogP contribution in [0.15, 0.2) is 78.9 Å². The second kappa shape index (κ2) is 8.47. The number of amides is 1. The first-order valence-electron chi connectivity index (χ1n) is 8.34. The summed E-state index contributed by atoms with van der Waals surface area (Å²) in [6.45, 7) is 0.328. The Morgan fingerprint density at radius 2 is 1.50 bits per heavy atom. The molecule has 144 valence electrons. The number of carbonyl (C=O) groups excluding carboxylic acids is 1. The van der Waals surface area contributed by atoms with Crippen LogP contribution in [-0.2, 0) is 6.61 Å². The molecule has 1 amide bonds. The molecule has 0 atom stereocenters. The van der Waals surface area contributed by atoms with Crippen LogP contribution in [0.2, 0.25) is 0 Å². The van der Waals surface area contributed by atoms with Gasteiger partial charge in [0.05, 0.1) is 5.69 Å². The summed E-state index contributed by atoms with van der Waals surface area (Å²) in [5.41, 5.74) is 1.08. The summed E-state index contributed by atoms with van der Waals surface area (Å²) < 4.78 is 47.0. The Labute approximate surface area is 159 Å². The lowest BCUT2D eigenvalue weighted by Crippen LogP contribution is -2.19. The number of alkyl halides is 3. The fourth-order valence-electron chi connectivity index (χ4n) is 2.41. The number of carbonyl (C=O) groups is 1. The number of ether oxygens (including phenoxy) is 2. The van der Waals surface area contributed by atoms with Crippen molar-refractivity contribution < 1.29 is 27.4 Å². The van der Waals surface area contributed by atoms with Crippen LogP contribution in [0.1, 0.15) is 15.9 Å². The molecule has 0 fully saturated rings. The van der Waals surface area contributed by atoms with Crippen LogP contribution >= 0.6 is 0 Å². The van der Waals surface area contributed by atoms with E-state index in [0.29, 0.717) is 12.2 Å². The highest BCUT2D eigenvalue weighted by Gasteiger charge is 2.32. The van der Waals surface area contributed by atoms with Crippen LogP contribution in [0.3, 0.4) is 0 Å². The van der Waals surface area contributed by atoms with Gasteiger partial charge in [0, 0.05) is 5.56 Å². The van der Waals surface area contributed by atoms with Crippen molar-refractivity contribution in [1.82, 2.24) is 0 Å². The minimum Gasteiger partial charge on any atom is -0.489 e. The van der Waals surface area contributed by atoms with Gasteiger partial charge < -0.3 is 14.8 Å². The largest absolute Gasteiger partial charge is 0.573 e. The summed E-state index contributed by atoms with van der Waals surface area (Å²) in [5.74, 6) is -0.296. The number of nitrogens with one attached hydrogen (secondary N) is 1. The van der Waals surface area contributed by atoms with E-state index < -0.39 is 18.0 Å². The van der Waals surface area contributed by atoms with Gasteiger partial charge in [-0.1, -0.05) is 42.5 Å². The zero-order valence-corrected chi connectivity index (χ0v) is 14.6. The van der Waals surface area contributed by atoms with E-state index in [-0.39, 0.29) is 5.69 Å². The molecule has 0 saturated heterocycles. The Bertz CT molecular complexity index is 926. The van der Waals surface area contributed by atoms with Crippen molar-refractivity contribution in [3.8, 4) is 11.5 Å². The van der Waals surface area contributed by atoms with Gasteiger partial charge in [0.15, 0.2) is 5.75 Å². The molecule has 0 bridgehead atoms. The van der Waals surface area contributed by atoms with E-state index >= 15 is 0 Å². The van der Waals surface area contributed by atoms with Gasteiger partial charge in [0.1, 0.15) is 12.4 Å². The third-order valence-electron chi connectivity index (χ3n) is 3.73. The molecule has 0 saturated carbocycles. The normalized spacial score (nSPS) is 11.0. The number of benzene rings is 3. The average Bonchev–Trinajstić information content (AvgIpc) is 2.68. The van der Waals surface area contributed by atoms with Crippen molar-refractivity contribution in [3.63, 3.8) is 0 Å². The van der Waals surface area contributed by atoms with Crippen LogP contribution in [-0.4, -0.2) is 12.3 Å². The summed E-state index contributed by atoms with van der Waals surface area (Å²) in [4.78, 5) is 12.3. The van der Waals surface area contributed by atoms with Crippen LogP contribution in [0.4, 0.5) is 18.9 Å². The summed E-state index contributed by atoms with van der Waals surface area (Å²) in [6, 6.07) is 21.2. The zero-order chi connectivity index (χ0) is 20.0. The second-order valence-corrected chi connectivity index (χ2v) is 5.80. The Balaban J connectivity index is 1.64. The molecule has 7 heteroatoms. The van der Waals surface area contributed by atoms with Crippen molar-refractivity contribution >= 4 is 11.6 Å². The minimum absolute atomic E-state index is 0.0682. The average molecular weight is 387 g/mol. The fourth-order valence-corrected chi connectivity index (χ4v) is 2.41. The fraction of sp³-hybridized carbons (Fsp3) is 0.0952. The van der Waals surface area contributed by atoms with E-state index in [1.165, 1.54) is 18.2 Å². The second-order valence-electron chi connectivity index (χ2n) is 5.80. The first-order valence-corrected chi connectivity index (χ1v) is 8.34. The van der Waals surface area contributed by atoms with Gasteiger partial charge in [-0.2, -0.15) is 0 Å². The molecule has 3 aromatic carbocycles. The summed E-state index contributed by atoms with van der Waals surface area (Å²) in [7, 11) is 0. The molecule has 28 heavy (non-hydrogen) atoms. The molecule has 3 rings (SSSR count). The van der Waals surface area contributed by atoms with Crippen molar-refractivity contribution in [2.75, 3.05) is 5.32 Å². The Kier molecular flexibility index (Phi) is 5.84. The number of hydrogen-bond donors (Lipinski definition) is 1. The third kappa shape index (κ3) is 5.51. The lowest BCUT2D eigenvalue weighted by atomic mass is 10.1. The molecule has 1 N–H and O–H groups in total. The molecular weight excluding hydrogens is 371 g/mol. The Hall–Kier alpha value is -3.48. The van der Waals surface area contributed by atoms with Gasteiger partial charge in [-0.3, -0.25) is 4.79 Å². The van der Waals surface area contributed by atoms with Gasteiger partial charge in [0.2, 0.25) is 0 Å². The highest BCUT2D eigenvalue weighted by atomic mass is 19.4. The van der Waals surface area contributed by atoms with Crippen molar-refractivity contribution in [2.24, 2.45) is 0 Å². The number of hydrogen-bond acceptors (Lipinski definition) is 3. The topological polar surface area (TPSA) is 47.6 Å². The molecule has 0 aliphatic rings. The summed E-state index contributed by atoms with van der Waals surface area (Å²) >= 11 is 0. The number of rotatable bonds is 6. The predicted molar refractivity (Wildman–Crippen MR) is 98.3 cm³/mol. The minimum atomic E-state index is -4.85. The van der Waals surface area contributed by atoms with E-state index in [1.807, 2.05) is 30.3 Å². The highest BCUT2D eigenvalue weighted by Crippen LogP contribution is 2.30. The first-order chi connectivity index (χ1) is 13.4. The van der Waals surface area contributed by atoms with Gasteiger partial charge in [-0.25, -0.2) is 0 Å². The van der Waals surface area contributed by atoms with Crippen LogP contribution in [0.25, 0.3) is 0 Å². The summed E-state index contributed by atoms with van der Waals surface area (Å²) in [6.07, 6.45) is -4.85. The van der Waals surface area contributed by atoms with Gasteiger partial charge in [0.25, 0.3) is 5.91 Å². The van der Waals surface area contributed by atoms with E-state index in [9.17, 15) is 18.0 Å². The molecule has 0 heterocycles. The molecule has 4 nitrogen and oxygen atoms in total.